The second-order valence-corrected chi connectivity index (χ2v) is 7.29. The van der Waals surface area contributed by atoms with Crippen LogP contribution in [0.3, 0.4) is 0 Å². The number of anilines is 2. The van der Waals surface area contributed by atoms with E-state index in [9.17, 15) is 22.8 Å². The van der Waals surface area contributed by atoms with Gasteiger partial charge in [0, 0.05) is 18.1 Å². The maximum absolute atomic E-state index is 13.0. The van der Waals surface area contributed by atoms with E-state index in [0.717, 1.165) is 27.3 Å². The van der Waals surface area contributed by atoms with Crippen molar-refractivity contribution in [3.63, 3.8) is 0 Å². The summed E-state index contributed by atoms with van der Waals surface area (Å²) in [5, 5.41) is 0.795. The number of H-pyrrole nitrogens is 1. The van der Waals surface area contributed by atoms with Crippen LogP contribution in [-0.4, -0.2) is 28.5 Å². The summed E-state index contributed by atoms with van der Waals surface area (Å²) in [4.78, 5) is 34.6. The first kappa shape index (κ1) is 20.6. The maximum atomic E-state index is 13.0. The lowest BCUT2D eigenvalue weighted by Crippen LogP contribution is -2.33. The smallest absolute Gasteiger partial charge is 0.416 e. The Morgan fingerprint density at radius 3 is 2.52 bits per heavy atom. The van der Waals surface area contributed by atoms with Crippen LogP contribution in [0.2, 0.25) is 0 Å². The zero-order valence-corrected chi connectivity index (χ0v) is 16.8. The molecule has 4 aromatic rings. The zero-order valence-electron chi connectivity index (χ0n) is 16.8. The number of ether oxygens (including phenoxy) is 1. The fraction of sp³-hybridized carbons (Fsp3) is 0.0870. The number of amides is 3. The Balaban J connectivity index is 1.37. The molecule has 5 rings (SSSR count). The SMILES string of the molecule is O=C1CN(c2cccc(C(F)(F)F)c2)C(=O)N1c1ccc(Oc2ccnc3[nH]ccc23)cc1. The number of nitrogens with one attached hydrogen (secondary N) is 1. The summed E-state index contributed by atoms with van der Waals surface area (Å²) in [5.41, 5.74) is 0.0621. The van der Waals surface area contributed by atoms with Crippen molar-refractivity contribution in [2.75, 3.05) is 16.3 Å². The summed E-state index contributed by atoms with van der Waals surface area (Å²) >= 11 is 0. The molecule has 0 radical (unpaired) electrons. The molecule has 0 atom stereocenters. The third-order valence-electron chi connectivity index (χ3n) is 5.19. The van der Waals surface area contributed by atoms with Gasteiger partial charge in [-0.05, 0) is 54.6 Å². The van der Waals surface area contributed by atoms with E-state index in [0.29, 0.717) is 17.1 Å². The molecule has 166 valence electrons. The quantitative estimate of drug-likeness (QED) is 0.424. The van der Waals surface area contributed by atoms with Crippen LogP contribution in [0.4, 0.5) is 29.3 Å². The van der Waals surface area contributed by atoms with E-state index in [1.807, 2.05) is 6.07 Å². The van der Waals surface area contributed by atoms with Crippen LogP contribution in [0.25, 0.3) is 11.0 Å². The minimum absolute atomic E-state index is 0.00108. The molecule has 0 saturated carbocycles. The summed E-state index contributed by atoms with van der Waals surface area (Å²) < 4.78 is 45.0. The van der Waals surface area contributed by atoms with Crippen LogP contribution < -0.4 is 14.5 Å². The van der Waals surface area contributed by atoms with Crippen LogP contribution in [0.1, 0.15) is 5.56 Å². The highest BCUT2D eigenvalue weighted by Gasteiger charge is 2.39. The Morgan fingerprint density at radius 2 is 1.76 bits per heavy atom. The average molecular weight is 452 g/mol. The Bertz CT molecular complexity index is 1370. The predicted octanol–water partition coefficient (Wildman–Crippen LogP) is 5.35. The molecule has 7 nitrogen and oxygen atoms in total. The highest BCUT2D eigenvalue weighted by molar-refractivity contribution is 6.26. The van der Waals surface area contributed by atoms with Gasteiger partial charge in [0.15, 0.2) is 0 Å². The van der Waals surface area contributed by atoms with Crippen molar-refractivity contribution >= 4 is 34.3 Å². The molecule has 2 aromatic carbocycles. The highest BCUT2D eigenvalue weighted by Crippen LogP contribution is 2.34. The normalized spacial score (nSPS) is 14.4. The third kappa shape index (κ3) is 3.75. The third-order valence-corrected chi connectivity index (χ3v) is 5.19. The molecular weight excluding hydrogens is 437 g/mol. The molecule has 10 heteroatoms. The minimum Gasteiger partial charge on any atom is -0.457 e. The lowest BCUT2D eigenvalue weighted by Gasteiger charge is -2.18. The standard InChI is InChI=1S/C23H15F3N4O3/c24-23(25,26)14-2-1-3-16(12-14)29-13-20(31)30(22(29)32)15-4-6-17(7-5-15)33-19-9-11-28-21-18(19)8-10-27-21/h1-12H,13H2,(H,27,28). The van der Waals surface area contributed by atoms with E-state index < -0.39 is 23.7 Å². The first-order valence-corrected chi connectivity index (χ1v) is 9.83. The van der Waals surface area contributed by atoms with Gasteiger partial charge in [-0.3, -0.25) is 9.69 Å². The predicted molar refractivity (Wildman–Crippen MR) is 114 cm³/mol. The van der Waals surface area contributed by atoms with Crippen molar-refractivity contribution in [3.05, 3.63) is 78.6 Å². The second kappa shape index (κ2) is 7.66. The molecule has 2 aromatic heterocycles. The van der Waals surface area contributed by atoms with Crippen molar-refractivity contribution in [2.24, 2.45) is 0 Å². The number of urea groups is 1. The van der Waals surface area contributed by atoms with E-state index in [2.05, 4.69) is 9.97 Å². The van der Waals surface area contributed by atoms with Crippen LogP contribution in [0.15, 0.2) is 73.1 Å². The van der Waals surface area contributed by atoms with Gasteiger partial charge in [-0.15, -0.1) is 0 Å². The van der Waals surface area contributed by atoms with Gasteiger partial charge in [0.05, 0.1) is 16.6 Å². The molecule has 1 fully saturated rings. The number of carbonyl (C=O) groups excluding carboxylic acids is 2. The van der Waals surface area contributed by atoms with Gasteiger partial charge in [0.1, 0.15) is 23.7 Å². The van der Waals surface area contributed by atoms with Gasteiger partial charge >= 0.3 is 12.2 Å². The van der Waals surface area contributed by atoms with Gasteiger partial charge in [-0.1, -0.05) is 6.07 Å². The van der Waals surface area contributed by atoms with Crippen LogP contribution in [0, 0.1) is 0 Å². The first-order valence-electron chi connectivity index (χ1n) is 9.83. The van der Waals surface area contributed by atoms with Gasteiger partial charge in [-0.2, -0.15) is 13.2 Å². The molecule has 1 aliphatic heterocycles. The number of alkyl halides is 3. The van der Waals surface area contributed by atoms with E-state index in [4.69, 9.17) is 4.74 Å². The minimum atomic E-state index is -4.56. The van der Waals surface area contributed by atoms with Gasteiger partial charge < -0.3 is 9.72 Å². The van der Waals surface area contributed by atoms with Crippen molar-refractivity contribution in [1.82, 2.24) is 9.97 Å². The molecule has 0 spiro atoms. The number of hydrogen-bond donors (Lipinski definition) is 1. The number of pyridine rings is 1. The Hall–Kier alpha value is -4.34. The van der Waals surface area contributed by atoms with Crippen molar-refractivity contribution in [1.29, 1.82) is 0 Å². The zero-order chi connectivity index (χ0) is 23.2. The van der Waals surface area contributed by atoms with E-state index >= 15 is 0 Å². The number of aromatic amines is 1. The molecule has 0 unspecified atom stereocenters. The van der Waals surface area contributed by atoms with Crippen LogP contribution in [-0.2, 0) is 11.0 Å². The molecular formula is C23H15F3N4O3. The second-order valence-electron chi connectivity index (χ2n) is 7.29. The Labute approximate surface area is 185 Å². The Kier molecular flexibility index (Phi) is 4.77. The molecule has 3 heterocycles. The number of nitrogens with zero attached hydrogens (tertiary/aromatic N) is 3. The first-order chi connectivity index (χ1) is 15.8. The van der Waals surface area contributed by atoms with E-state index in [1.54, 1.807) is 30.6 Å². The number of hydrogen-bond acceptors (Lipinski definition) is 4. The van der Waals surface area contributed by atoms with Gasteiger partial charge in [0.2, 0.25) is 0 Å². The molecule has 3 amide bonds. The molecule has 0 bridgehead atoms. The lowest BCUT2D eigenvalue weighted by molar-refractivity contribution is -0.137. The summed E-state index contributed by atoms with van der Waals surface area (Å²) in [6, 6.07) is 13.4. The fourth-order valence-electron chi connectivity index (χ4n) is 3.62. The number of imide groups is 1. The molecule has 0 aliphatic carbocycles. The van der Waals surface area contributed by atoms with Gasteiger partial charge in [-0.25, -0.2) is 14.7 Å². The number of rotatable bonds is 4. The number of fused-ring (bicyclic) bond motifs is 1. The number of halogens is 3. The fourth-order valence-corrected chi connectivity index (χ4v) is 3.62. The summed E-state index contributed by atoms with van der Waals surface area (Å²) in [6.45, 7) is -0.360. The lowest BCUT2D eigenvalue weighted by atomic mass is 10.2. The maximum Gasteiger partial charge on any atom is 0.416 e. The largest absolute Gasteiger partial charge is 0.457 e. The van der Waals surface area contributed by atoms with E-state index in [1.165, 1.54) is 24.3 Å². The average Bonchev–Trinajstić information content (AvgIpc) is 3.39. The Morgan fingerprint density at radius 1 is 0.970 bits per heavy atom. The van der Waals surface area contributed by atoms with Crippen molar-refractivity contribution < 1.29 is 27.5 Å². The van der Waals surface area contributed by atoms with E-state index in [-0.39, 0.29) is 17.9 Å². The number of aromatic nitrogens is 2. The number of carbonyl (C=O) groups is 2. The molecule has 1 N–H and O–H groups in total. The molecule has 1 saturated heterocycles. The van der Waals surface area contributed by atoms with Crippen molar-refractivity contribution in [3.8, 4) is 11.5 Å². The van der Waals surface area contributed by atoms with Gasteiger partial charge in [0.25, 0.3) is 5.91 Å². The summed E-state index contributed by atoms with van der Waals surface area (Å²) in [6.07, 6.45) is -1.21. The topological polar surface area (TPSA) is 78.5 Å². The summed E-state index contributed by atoms with van der Waals surface area (Å²) in [5.74, 6) is 0.508. The van der Waals surface area contributed by atoms with Crippen molar-refractivity contribution in [2.45, 2.75) is 6.18 Å². The number of benzene rings is 2. The monoisotopic (exact) mass is 452 g/mol. The highest BCUT2D eigenvalue weighted by atomic mass is 19.4. The summed E-state index contributed by atoms with van der Waals surface area (Å²) in [7, 11) is 0. The molecule has 33 heavy (non-hydrogen) atoms. The van der Waals surface area contributed by atoms with Crippen LogP contribution in [0.5, 0.6) is 11.5 Å². The van der Waals surface area contributed by atoms with Crippen LogP contribution >= 0.6 is 0 Å². The molecule has 1 aliphatic rings.